The highest BCUT2D eigenvalue weighted by atomic mass is 19.2. The van der Waals surface area contributed by atoms with Gasteiger partial charge in [0.05, 0.1) is 6.21 Å². The third kappa shape index (κ3) is 1.42. The van der Waals surface area contributed by atoms with Gasteiger partial charge in [0.25, 0.3) is 0 Å². The Kier molecular flexibility index (Phi) is 1.67. The standard InChI is InChI=1S/C5H8FN3/c1-2-5-3-4-7-9(6)8-5/h3-4,8H,2H2,1H3. The molecule has 50 valence electrons. The maximum atomic E-state index is 12.1. The summed E-state index contributed by atoms with van der Waals surface area (Å²) >= 11 is 0. The van der Waals surface area contributed by atoms with Crippen LogP contribution in [0.5, 0.6) is 0 Å². The van der Waals surface area contributed by atoms with Crippen LogP contribution in [0.1, 0.15) is 13.3 Å². The lowest BCUT2D eigenvalue weighted by Crippen LogP contribution is -2.27. The number of hydrogen-bond acceptors (Lipinski definition) is 3. The molecule has 1 heterocycles. The number of hydrazine groups is 1. The lowest BCUT2D eigenvalue weighted by molar-refractivity contribution is -0.0190. The SMILES string of the molecule is CCC1=CC=NN(F)N1. The number of hydrogen-bond donors (Lipinski definition) is 1. The van der Waals surface area contributed by atoms with Gasteiger partial charge < -0.3 is 0 Å². The third-order valence-corrected chi connectivity index (χ3v) is 1.06. The van der Waals surface area contributed by atoms with E-state index in [1.165, 1.54) is 6.21 Å². The minimum Gasteiger partial charge on any atom is -0.257 e. The molecule has 4 heteroatoms. The summed E-state index contributed by atoms with van der Waals surface area (Å²) in [7, 11) is 0. The van der Waals surface area contributed by atoms with E-state index in [2.05, 4.69) is 10.5 Å². The maximum absolute atomic E-state index is 12.1. The molecule has 9 heavy (non-hydrogen) atoms. The van der Waals surface area contributed by atoms with Gasteiger partial charge in [0.15, 0.2) is 0 Å². The average molecular weight is 129 g/mol. The molecule has 1 rings (SSSR count). The number of nitrogens with zero attached hydrogens (tertiary/aromatic N) is 2. The molecule has 0 atom stereocenters. The highest BCUT2D eigenvalue weighted by Gasteiger charge is 2.01. The number of hydrazone groups is 1. The molecule has 1 aliphatic heterocycles. The van der Waals surface area contributed by atoms with Crippen molar-refractivity contribution < 1.29 is 4.48 Å². The number of halogens is 1. The molecule has 3 nitrogen and oxygen atoms in total. The minimum atomic E-state index is 0.193. The fourth-order valence-corrected chi connectivity index (χ4v) is 0.563. The lowest BCUT2D eigenvalue weighted by atomic mass is 10.3. The van der Waals surface area contributed by atoms with Crippen molar-refractivity contribution in [3.05, 3.63) is 11.8 Å². The Bertz CT molecular complexity index is 152. The molecule has 1 aliphatic rings. The largest absolute Gasteiger partial charge is 0.257 e. The Balaban J connectivity index is 2.55. The lowest BCUT2D eigenvalue weighted by Gasteiger charge is -2.14. The first kappa shape index (κ1) is 6.07. The van der Waals surface area contributed by atoms with Crippen LogP contribution in [-0.4, -0.2) is 11.6 Å². The van der Waals surface area contributed by atoms with Crippen molar-refractivity contribution in [2.24, 2.45) is 5.10 Å². The van der Waals surface area contributed by atoms with Crippen LogP contribution in [0.2, 0.25) is 0 Å². The van der Waals surface area contributed by atoms with E-state index in [4.69, 9.17) is 0 Å². The minimum absolute atomic E-state index is 0.193. The van der Waals surface area contributed by atoms with Gasteiger partial charge in [-0.3, -0.25) is 5.43 Å². The van der Waals surface area contributed by atoms with Crippen molar-refractivity contribution >= 4 is 6.21 Å². The summed E-state index contributed by atoms with van der Waals surface area (Å²) in [6.07, 6.45) is 3.93. The second kappa shape index (κ2) is 2.48. The zero-order valence-corrected chi connectivity index (χ0v) is 5.13. The molecule has 0 radical (unpaired) electrons. The van der Waals surface area contributed by atoms with Gasteiger partial charge in [-0.05, 0) is 17.8 Å². The zero-order chi connectivity index (χ0) is 6.69. The predicted molar refractivity (Wildman–Crippen MR) is 32.9 cm³/mol. The van der Waals surface area contributed by atoms with Crippen molar-refractivity contribution in [2.75, 3.05) is 0 Å². The van der Waals surface area contributed by atoms with Gasteiger partial charge in [0.1, 0.15) is 0 Å². The van der Waals surface area contributed by atoms with Crippen molar-refractivity contribution in [3.63, 3.8) is 0 Å². The van der Waals surface area contributed by atoms with Gasteiger partial charge in [-0.2, -0.15) is 0 Å². The summed E-state index contributed by atoms with van der Waals surface area (Å²) in [6, 6.07) is 0. The Morgan fingerprint density at radius 3 is 3.11 bits per heavy atom. The van der Waals surface area contributed by atoms with Crippen LogP contribution in [0, 0.1) is 0 Å². The molecule has 0 fully saturated rings. The molecule has 0 saturated carbocycles. The summed E-state index contributed by atoms with van der Waals surface area (Å²) < 4.78 is 12.1. The quantitative estimate of drug-likeness (QED) is 0.534. The number of allylic oxidation sites excluding steroid dienone is 2. The van der Waals surface area contributed by atoms with E-state index in [1.807, 2.05) is 6.92 Å². The molecular weight excluding hydrogens is 121 g/mol. The smallest absolute Gasteiger partial charge is 0.0537 e. The average Bonchev–Trinajstić information content (AvgIpc) is 1.88. The maximum Gasteiger partial charge on any atom is 0.0537 e. The molecule has 1 N–H and O–H groups in total. The first-order valence-electron chi connectivity index (χ1n) is 2.78. The van der Waals surface area contributed by atoms with Crippen LogP contribution < -0.4 is 5.43 Å². The molecule has 0 spiro atoms. The van der Waals surface area contributed by atoms with E-state index in [0.29, 0.717) is 0 Å². The van der Waals surface area contributed by atoms with Crippen LogP contribution in [-0.2, 0) is 0 Å². The Hall–Kier alpha value is -1.06. The fraction of sp³-hybridized carbons (Fsp3) is 0.400. The molecule has 0 aliphatic carbocycles. The predicted octanol–water partition coefficient (Wildman–Crippen LogP) is 0.971. The van der Waals surface area contributed by atoms with E-state index in [0.717, 1.165) is 12.1 Å². The molecule has 0 aromatic rings. The summed E-state index contributed by atoms with van der Waals surface area (Å²) in [5.74, 6) is 0. The monoisotopic (exact) mass is 129 g/mol. The van der Waals surface area contributed by atoms with Gasteiger partial charge in [-0.1, -0.05) is 11.4 Å². The summed E-state index contributed by atoms with van der Waals surface area (Å²) in [5.41, 5.74) is 3.22. The third-order valence-electron chi connectivity index (χ3n) is 1.06. The molecule has 0 aromatic carbocycles. The van der Waals surface area contributed by atoms with E-state index in [-0.39, 0.29) is 5.34 Å². The molecule has 0 saturated heterocycles. The topological polar surface area (TPSA) is 27.6 Å². The Labute approximate surface area is 52.7 Å². The van der Waals surface area contributed by atoms with Gasteiger partial charge in [0.2, 0.25) is 0 Å². The van der Waals surface area contributed by atoms with Crippen molar-refractivity contribution in [1.82, 2.24) is 10.8 Å². The fourth-order valence-electron chi connectivity index (χ4n) is 0.563. The summed E-state index contributed by atoms with van der Waals surface area (Å²) in [6.45, 7) is 1.94. The van der Waals surface area contributed by atoms with Crippen molar-refractivity contribution in [2.45, 2.75) is 13.3 Å². The highest BCUT2D eigenvalue weighted by molar-refractivity contribution is 5.72. The Morgan fingerprint density at radius 2 is 2.67 bits per heavy atom. The first-order valence-corrected chi connectivity index (χ1v) is 2.78. The zero-order valence-electron chi connectivity index (χ0n) is 5.13. The van der Waals surface area contributed by atoms with Gasteiger partial charge >= 0.3 is 0 Å². The summed E-state index contributed by atoms with van der Waals surface area (Å²) in [4.78, 5) is 0. The highest BCUT2D eigenvalue weighted by Crippen LogP contribution is 2.00. The van der Waals surface area contributed by atoms with Crippen molar-refractivity contribution in [3.8, 4) is 0 Å². The molecular formula is C5H8FN3. The van der Waals surface area contributed by atoms with Gasteiger partial charge in [-0.15, -0.1) is 5.10 Å². The Morgan fingerprint density at radius 1 is 1.89 bits per heavy atom. The van der Waals surface area contributed by atoms with Crippen LogP contribution in [0.4, 0.5) is 4.48 Å². The molecule has 0 aromatic heterocycles. The van der Waals surface area contributed by atoms with Gasteiger partial charge in [0, 0.05) is 5.70 Å². The van der Waals surface area contributed by atoms with Crippen LogP contribution in [0.3, 0.4) is 0 Å². The van der Waals surface area contributed by atoms with E-state index in [9.17, 15) is 4.48 Å². The van der Waals surface area contributed by atoms with Crippen LogP contribution in [0.15, 0.2) is 16.9 Å². The van der Waals surface area contributed by atoms with E-state index in [1.54, 1.807) is 6.08 Å². The van der Waals surface area contributed by atoms with E-state index < -0.39 is 0 Å². The first-order chi connectivity index (χ1) is 4.33. The van der Waals surface area contributed by atoms with Gasteiger partial charge in [-0.25, -0.2) is 0 Å². The summed E-state index contributed by atoms with van der Waals surface area (Å²) in [5, 5.41) is 3.48. The van der Waals surface area contributed by atoms with Crippen molar-refractivity contribution in [1.29, 1.82) is 0 Å². The number of nitrogens with one attached hydrogen (secondary N) is 1. The normalized spacial score (nSPS) is 17.1. The second-order valence-corrected chi connectivity index (χ2v) is 1.68. The van der Waals surface area contributed by atoms with Crippen LogP contribution in [0.25, 0.3) is 0 Å². The molecule has 0 amide bonds. The molecule has 0 bridgehead atoms. The number of rotatable bonds is 1. The molecule has 0 unspecified atom stereocenters. The second-order valence-electron chi connectivity index (χ2n) is 1.68. The van der Waals surface area contributed by atoms with E-state index >= 15 is 0 Å². The van der Waals surface area contributed by atoms with Crippen LogP contribution >= 0.6 is 0 Å².